The maximum absolute atomic E-state index is 6.35. The highest BCUT2D eigenvalue weighted by Gasteiger charge is 2.13. The van der Waals surface area contributed by atoms with E-state index < -0.39 is 0 Å². The van der Waals surface area contributed by atoms with Gasteiger partial charge in [0.2, 0.25) is 0 Å². The molecule has 0 aliphatic carbocycles. The third kappa shape index (κ3) is 5.43. The van der Waals surface area contributed by atoms with Gasteiger partial charge in [-0.25, -0.2) is 0 Å². The van der Waals surface area contributed by atoms with Crippen molar-refractivity contribution in [2.24, 2.45) is 0 Å². The highest BCUT2D eigenvalue weighted by Crippen LogP contribution is 2.38. The zero-order valence-corrected chi connectivity index (χ0v) is 21.0. The number of methoxy groups -OCH3 is 2. The van der Waals surface area contributed by atoms with Crippen LogP contribution in [0.15, 0.2) is 60.8 Å². The molecule has 35 heavy (non-hydrogen) atoms. The topological polar surface area (TPSA) is 61.8 Å². The Morgan fingerprint density at radius 1 is 0.771 bits per heavy atom. The number of rotatable bonds is 10. The van der Waals surface area contributed by atoms with Crippen molar-refractivity contribution in [3.63, 3.8) is 0 Å². The van der Waals surface area contributed by atoms with Gasteiger partial charge in [-0.3, -0.25) is 4.98 Å². The molecule has 0 unspecified atom stereocenters. The van der Waals surface area contributed by atoms with Gasteiger partial charge >= 0.3 is 0 Å². The summed E-state index contributed by atoms with van der Waals surface area (Å²) in [5, 5.41) is 4.39. The number of nitrogens with zero attached hydrogens (tertiary/aromatic N) is 1. The Kier molecular flexibility index (Phi) is 7.60. The lowest BCUT2D eigenvalue weighted by molar-refractivity contribution is 0.313. The normalized spacial score (nSPS) is 10.8. The first-order chi connectivity index (χ1) is 17.0. The van der Waals surface area contributed by atoms with Gasteiger partial charge in [0.1, 0.15) is 17.2 Å². The molecule has 6 heteroatoms. The van der Waals surface area contributed by atoms with E-state index >= 15 is 0 Å². The third-order valence-electron chi connectivity index (χ3n) is 6.15. The van der Waals surface area contributed by atoms with Crippen LogP contribution in [0.3, 0.4) is 0 Å². The second kappa shape index (κ2) is 11.0. The van der Waals surface area contributed by atoms with Crippen LogP contribution in [0.1, 0.15) is 23.1 Å². The van der Waals surface area contributed by atoms with Crippen LogP contribution in [0.5, 0.6) is 28.7 Å². The standard InChI is InChI=1S/C29H32N2O4/c1-19-9-6-7-10-25(19)34-16-8-14-30-23-11-12-26(21(3)20(23)2)35-27-13-15-31-24-18-29(33-5)28(32-4)17-22(24)27/h6-7,9-13,15,17-18,30H,8,14,16H2,1-5H3. The molecule has 1 heterocycles. The summed E-state index contributed by atoms with van der Waals surface area (Å²) < 4.78 is 23.1. The fraction of sp³-hybridized carbons (Fsp3) is 0.276. The lowest BCUT2D eigenvalue weighted by atomic mass is 10.1. The van der Waals surface area contributed by atoms with Crippen molar-refractivity contribution in [1.29, 1.82) is 0 Å². The number of aromatic nitrogens is 1. The van der Waals surface area contributed by atoms with E-state index in [1.54, 1.807) is 20.4 Å². The Balaban J connectivity index is 1.43. The largest absolute Gasteiger partial charge is 0.493 e. The average Bonchev–Trinajstić information content (AvgIpc) is 2.88. The summed E-state index contributed by atoms with van der Waals surface area (Å²) in [6.45, 7) is 7.73. The summed E-state index contributed by atoms with van der Waals surface area (Å²) in [5.74, 6) is 3.74. The minimum Gasteiger partial charge on any atom is -0.493 e. The van der Waals surface area contributed by atoms with Gasteiger partial charge in [-0.05, 0) is 74.2 Å². The number of benzene rings is 3. The van der Waals surface area contributed by atoms with Crippen LogP contribution in [-0.2, 0) is 0 Å². The molecule has 4 rings (SSSR count). The number of para-hydroxylation sites is 1. The Morgan fingerprint density at radius 2 is 1.54 bits per heavy atom. The molecule has 0 bridgehead atoms. The number of hydrogen-bond acceptors (Lipinski definition) is 6. The minimum atomic E-state index is 0.636. The van der Waals surface area contributed by atoms with E-state index in [1.165, 1.54) is 0 Å². The summed E-state index contributed by atoms with van der Waals surface area (Å²) in [4.78, 5) is 4.46. The number of hydrogen-bond donors (Lipinski definition) is 1. The number of pyridine rings is 1. The highest BCUT2D eigenvalue weighted by molar-refractivity contribution is 5.88. The van der Waals surface area contributed by atoms with Crippen molar-refractivity contribution in [2.45, 2.75) is 27.2 Å². The molecular weight excluding hydrogens is 440 g/mol. The van der Waals surface area contributed by atoms with Gasteiger partial charge in [0.15, 0.2) is 11.5 Å². The summed E-state index contributed by atoms with van der Waals surface area (Å²) in [5.41, 5.74) is 5.26. The minimum absolute atomic E-state index is 0.636. The van der Waals surface area contributed by atoms with E-state index in [1.807, 2.05) is 42.5 Å². The van der Waals surface area contributed by atoms with Gasteiger partial charge < -0.3 is 24.3 Å². The molecule has 0 saturated heterocycles. The summed E-state index contributed by atoms with van der Waals surface area (Å²) >= 11 is 0. The molecule has 0 aliphatic heterocycles. The van der Waals surface area contributed by atoms with Crippen LogP contribution >= 0.6 is 0 Å². The first-order valence-corrected chi connectivity index (χ1v) is 11.7. The van der Waals surface area contributed by atoms with Gasteiger partial charge in [0, 0.05) is 29.9 Å². The van der Waals surface area contributed by atoms with Crippen molar-refractivity contribution < 1.29 is 18.9 Å². The van der Waals surface area contributed by atoms with Crippen molar-refractivity contribution in [3.8, 4) is 28.7 Å². The monoisotopic (exact) mass is 472 g/mol. The van der Waals surface area contributed by atoms with Gasteiger partial charge in [0.25, 0.3) is 0 Å². The SMILES string of the molecule is COc1cc2nccc(Oc3ccc(NCCCOc4ccccc4C)c(C)c3C)c2cc1OC. The molecule has 3 aromatic carbocycles. The number of anilines is 1. The van der Waals surface area contributed by atoms with E-state index in [9.17, 15) is 0 Å². The molecule has 0 spiro atoms. The maximum Gasteiger partial charge on any atom is 0.162 e. The Hall–Kier alpha value is -3.93. The van der Waals surface area contributed by atoms with Crippen molar-refractivity contribution in [2.75, 3.05) is 32.7 Å². The number of aryl methyl sites for hydroxylation is 1. The first kappa shape index (κ1) is 24.2. The van der Waals surface area contributed by atoms with E-state index in [-0.39, 0.29) is 0 Å². The molecule has 0 aliphatic rings. The Morgan fingerprint density at radius 3 is 2.31 bits per heavy atom. The molecule has 0 saturated carbocycles. The number of ether oxygens (including phenoxy) is 4. The molecule has 0 fully saturated rings. The zero-order valence-electron chi connectivity index (χ0n) is 21.0. The Bertz CT molecular complexity index is 1320. The van der Waals surface area contributed by atoms with E-state index in [0.29, 0.717) is 23.9 Å². The van der Waals surface area contributed by atoms with Gasteiger partial charge in [-0.2, -0.15) is 0 Å². The lowest BCUT2D eigenvalue weighted by Gasteiger charge is -2.17. The summed E-state index contributed by atoms with van der Waals surface area (Å²) in [7, 11) is 3.23. The predicted octanol–water partition coefficient (Wildman–Crippen LogP) is 6.85. The predicted molar refractivity (Wildman–Crippen MR) is 141 cm³/mol. The van der Waals surface area contributed by atoms with Crippen LogP contribution < -0.4 is 24.3 Å². The molecule has 4 aromatic rings. The fourth-order valence-electron chi connectivity index (χ4n) is 3.95. The smallest absolute Gasteiger partial charge is 0.162 e. The molecular formula is C29H32N2O4. The van der Waals surface area contributed by atoms with Crippen LogP contribution in [0.2, 0.25) is 0 Å². The van der Waals surface area contributed by atoms with E-state index in [0.717, 1.165) is 57.7 Å². The summed E-state index contributed by atoms with van der Waals surface area (Å²) in [6, 6.07) is 17.8. The first-order valence-electron chi connectivity index (χ1n) is 11.7. The average molecular weight is 473 g/mol. The maximum atomic E-state index is 6.35. The van der Waals surface area contributed by atoms with Crippen LogP contribution in [0, 0.1) is 20.8 Å². The van der Waals surface area contributed by atoms with Crippen LogP contribution in [0.25, 0.3) is 10.9 Å². The zero-order chi connectivity index (χ0) is 24.8. The lowest BCUT2D eigenvalue weighted by Crippen LogP contribution is -2.09. The quantitative estimate of drug-likeness (QED) is 0.255. The van der Waals surface area contributed by atoms with Crippen molar-refractivity contribution >= 4 is 16.6 Å². The molecule has 0 amide bonds. The molecule has 6 nitrogen and oxygen atoms in total. The fourth-order valence-corrected chi connectivity index (χ4v) is 3.95. The Labute approximate surface area is 206 Å². The van der Waals surface area contributed by atoms with Crippen LogP contribution in [0.4, 0.5) is 5.69 Å². The third-order valence-corrected chi connectivity index (χ3v) is 6.15. The van der Waals surface area contributed by atoms with E-state index in [4.69, 9.17) is 18.9 Å². The number of nitrogens with one attached hydrogen (secondary N) is 1. The van der Waals surface area contributed by atoms with Gasteiger partial charge in [-0.1, -0.05) is 18.2 Å². The second-order valence-corrected chi connectivity index (χ2v) is 8.39. The van der Waals surface area contributed by atoms with Crippen molar-refractivity contribution in [3.05, 3.63) is 77.5 Å². The highest BCUT2D eigenvalue weighted by atomic mass is 16.5. The second-order valence-electron chi connectivity index (χ2n) is 8.39. The molecule has 1 N–H and O–H groups in total. The molecule has 0 atom stereocenters. The molecule has 0 radical (unpaired) electrons. The van der Waals surface area contributed by atoms with Gasteiger partial charge in [-0.15, -0.1) is 0 Å². The molecule has 1 aromatic heterocycles. The van der Waals surface area contributed by atoms with E-state index in [2.05, 4.69) is 43.2 Å². The van der Waals surface area contributed by atoms with Crippen molar-refractivity contribution in [1.82, 2.24) is 4.98 Å². The summed E-state index contributed by atoms with van der Waals surface area (Å²) in [6.07, 6.45) is 2.64. The number of fused-ring (bicyclic) bond motifs is 1. The molecule has 182 valence electrons. The van der Waals surface area contributed by atoms with Crippen LogP contribution in [-0.4, -0.2) is 32.4 Å². The van der Waals surface area contributed by atoms with Gasteiger partial charge in [0.05, 0.1) is 26.3 Å².